The van der Waals surface area contributed by atoms with E-state index in [9.17, 15) is 16.8 Å². The van der Waals surface area contributed by atoms with E-state index in [0.717, 1.165) is 8.39 Å². The van der Waals surface area contributed by atoms with Crippen molar-refractivity contribution in [2.45, 2.75) is 9.79 Å². The summed E-state index contributed by atoms with van der Waals surface area (Å²) >= 11 is 6.01. The SMILES string of the molecule is CN(C)S(=O)(=O)c1ccc(S(=O)(=O)n2nc(Cl)c3ccccc32)cc1. The fourth-order valence-corrected chi connectivity index (χ4v) is 4.75. The van der Waals surface area contributed by atoms with E-state index in [1.54, 1.807) is 24.3 Å². The Morgan fingerprint density at radius 1 is 0.920 bits per heavy atom. The van der Waals surface area contributed by atoms with E-state index in [1.807, 2.05) is 0 Å². The molecule has 7 nitrogen and oxygen atoms in total. The summed E-state index contributed by atoms with van der Waals surface area (Å²) in [4.78, 5) is -0.0880. The molecule has 1 aromatic heterocycles. The molecule has 0 fully saturated rings. The molecular weight excluding hydrogens is 386 g/mol. The molecule has 0 radical (unpaired) electrons. The van der Waals surface area contributed by atoms with E-state index in [-0.39, 0.29) is 14.9 Å². The van der Waals surface area contributed by atoms with Gasteiger partial charge >= 0.3 is 0 Å². The molecule has 3 aromatic rings. The number of hydrogen-bond donors (Lipinski definition) is 0. The minimum Gasteiger partial charge on any atom is -0.207 e. The van der Waals surface area contributed by atoms with Crippen molar-refractivity contribution in [3.8, 4) is 0 Å². The van der Waals surface area contributed by atoms with E-state index in [1.165, 1.54) is 38.4 Å². The molecule has 1 heterocycles. The molecule has 25 heavy (non-hydrogen) atoms. The van der Waals surface area contributed by atoms with Gasteiger partial charge in [-0.15, -0.1) is 5.10 Å². The number of para-hydroxylation sites is 1. The topological polar surface area (TPSA) is 89.3 Å². The van der Waals surface area contributed by atoms with Crippen LogP contribution in [0.3, 0.4) is 0 Å². The zero-order valence-corrected chi connectivity index (χ0v) is 15.7. The molecule has 10 heteroatoms. The van der Waals surface area contributed by atoms with E-state index < -0.39 is 20.0 Å². The number of hydrogen-bond acceptors (Lipinski definition) is 5. The van der Waals surface area contributed by atoms with Gasteiger partial charge in [-0.2, -0.15) is 12.5 Å². The van der Waals surface area contributed by atoms with Crippen LogP contribution in [0, 0.1) is 0 Å². The molecule has 0 amide bonds. The monoisotopic (exact) mass is 399 g/mol. The summed E-state index contributed by atoms with van der Waals surface area (Å²) in [6.45, 7) is 0. The maximum Gasteiger partial charge on any atom is 0.283 e. The van der Waals surface area contributed by atoms with E-state index in [4.69, 9.17) is 11.6 Å². The zero-order chi connectivity index (χ0) is 18.4. The fraction of sp³-hybridized carbons (Fsp3) is 0.133. The molecule has 0 aliphatic heterocycles. The van der Waals surface area contributed by atoms with Crippen LogP contribution >= 0.6 is 11.6 Å². The molecule has 2 aromatic carbocycles. The third-order valence-electron chi connectivity index (χ3n) is 3.64. The van der Waals surface area contributed by atoms with Crippen LogP contribution in [0.2, 0.25) is 5.15 Å². The Bertz CT molecular complexity index is 1150. The first-order valence-electron chi connectivity index (χ1n) is 7.07. The van der Waals surface area contributed by atoms with Gasteiger partial charge in [-0.25, -0.2) is 12.7 Å². The molecule has 0 aliphatic rings. The van der Waals surface area contributed by atoms with Crippen LogP contribution in [0.15, 0.2) is 58.3 Å². The molecule has 0 unspecified atom stereocenters. The standard InChI is InChI=1S/C15H14ClN3O4S2/c1-18(2)24(20,21)11-7-9-12(10-8-11)25(22,23)19-14-6-4-3-5-13(14)15(16)17-19/h3-10H,1-2H3. The first-order valence-corrected chi connectivity index (χ1v) is 10.3. The van der Waals surface area contributed by atoms with Gasteiger partial charge in [0.25, 0.3) is 10.0 Å². The van der Waals surface area contributed by atoms with Crippen LogP contribution in [0.1, 0.15) is 0 Å². The van der Waals surface area contributed by atoms with Gasteiger partial charge < -0.3 is 0 Å². The lowest BCUT2D eigenvalue weighted by atomic mass is 10.3. The number of benzene rings is 2. The molecule has 0 bridgehead atoms. The second-order valence-electron chi connectivity index (χ2n) is 5.41. The summed E-state index contributed by atoms with van der Waals surface area (Å²) in [7, 11) is -4.85. The van der Waals surface area contributed by atoms with Crippen molar-refractivity contribution in [1.29, 1.82) is 0 Å². The van der Waals surface area contributed by atoms with Crippen LogP contribution in [-0.4, -0.2) is 44.4 Å². The van der Waals surface area contributed by atoms with Crippen LogP contribution in [-0.2, 0) is 20.0 Å². The number of rotatable bonds is 4. The molecule has 0 saturated heterocycles. The highest BCUT2D eigenvalue weighted by Gasteiger charge is 2.24. The van der Waals surface area contributed by atoms with Crippen LogP contribution in [0.4, 0.5) is 0 Å². The number of halogens is 1. The van der Waals surface area contributed by atoms with Gasteiger partial charge in [-0.05, 0) is 36.4 Å². The molecule has 0 spiro atoms. The largest absolute Gasteiger partial charge is 0.283 e. The normalized spacial score (nSPS) is 12.8. The lowest BCUT2D eigenvalue weighted by Gasteiger charge is -2.12. The van der Waals surface area contributed by atoms with E-state index in [0.29, 0.717) is 10.9 Å². The van der Waals surface area contributed by atoms with Gasteiger partial charge in [-0.1, -0.05) is 23.7 Å². The maximum atomic E-state index is 12.8. The fourth-order valence-electron chi connectivity index (χ4n) is 2.28. The molecule has 0 saturated carbocycles. The minimum atomic E-state index is -4.01. The van der Waals surface area contributed by atoms with Crippen molar-refractivity contribution < 1.29 is 16.8 Å². The van der Waals surface area contributed by atoms with Crippen molar-refractivity contribution in [3.63, 3.8) is 0 Å². The molecule has 0 atom stereocenters. The van der Waals surface area contributed by atoms with Gasteiger partial charge in [0.1, 0.15) is 0 Å². The third-order valence-corrected chi connectivity index (χ3v) is 7.35. The molecule has 0 N–H and O–H groups in total. The van der Waals surface area contributed by atoms with Gasteiger partial charge in [-0.3, -0.25) is 0 Å². The summed E-state index contributed by atoms with van der Waals surface area (Å²) < 4.78 is 51.7. The third kappa shape index (κ3) is 2.93. The van der Waals surface area contributed by atoms with Crippen molar-refractivity contribution in [1.82, 2.24) is 13.5 Å². The Balaban J connectivity index is 2.12. The lowest BCUT2D eigenvalue weighted by Crippen LogP contribution is -2.22. The quantitative estimate of drug-likeness (QED) is 0.670. The summed E-state index contributed by atoms with van der Waals surface area (Å²) in [5.74, 6) is 0. The molecule has 0 aliphatic carbocycles. The summed E-state index contributed by atoms with van der Waals surface area (Å²) in [5, 5.41) is 4.49. The molecule has 132 valence electrons. The Morgan fingerprint density at radius 2 is 1.48 bits per heavy atom. The first-order chi connectivity index (χ1) is 11.7. The van der Waals surface area contributed by atoms with Crippen LogP contribution in [0.5, 0.6) is 0 Å². The van der Waals surface area contributed by atoms with Crippen molar-refractivity contribution in [3.05, 3.63) is 53.7 Å². The van der Waals surface area contributed by atoms with Gasteiger partial charge in [0.05, 0.1) is 15.3 Å². The summed E-state index contributed by atoms with van der Waals surface area (Å²) in [5.41, 5.74) is 0.345. The van der Waals surface area contributed by atoms with E-state index in [2.05, 4.69) is 5.10 Å². The second-order valence-corrected chi connectivity index (χ2v) is 9.69. The minimum absolute atomic E-state index is 0.000180. The number of sulfonamides is 1. The van der Waals surface area contributed by atoms with E-state index >= 15 is 0 Å². The van der Waals surface area contributed by atoms with Crippen LogP contribution < -0.4 is 0 Å². The van der Waals surface area contributed by atoms with Crippen molar-refractivity contribution in [2.75, 3.05) is 14.1 Å². The average molecular weight is 400 g/mol. The zero-order valence-electron chi connectivity index (χ0n) is 13.3. The highest BCUT2D eigenvalue weighted by molar-refractivity contribution is 7.90. The Kier molecular flexibility index (Phi) is 4.36. The predicted molar refractivity (Wildman–Crippen MR) is 94.6 cm³/mol. The van der Waals surface area contributed by atoms with Crippen molar-refractivity contribution >= 4 is 42.6 Å². The molecule has 3 rings (SSSR count). The average Bonchev–Trinajstić information content (AvgIpc) is 2.93. The van der Waals surface area contributed by atoms with Gasteiger partial charge in [0.2, 0.25) is 10.0 Å². The lowest BCUT2D eigenvalue weighted by molar-refractivity contribution is 0.520. The number of nitrogens with zero attached hydrogens (tertiary/aromatic N) is 3. The maximum absolute atomic E-state index is 12.8. The smallest absolute Gasteiger partial charge is 0.207 e. The van der Waals surface area contributed by atoms with Crippen LogP contribution in [0.25, 0.3) is 10.9 Å². The highest BCUT2D eigenvalue weighted by atomic mass is 35.5. The Morgan fingerprint density at radius 3 is 2.08 bits per heavy atom. The number of fused-ring (bicyclic) bond motifs is 1. The second kappa shape index (κ2) is 6.10. The Labute approximate surface area is 150 Å². The highest BCUT2D eigenvalue weighted by Crippen LogP contribution is 2.26. The summed E-state index contributed by atoms with van der Waals surface area (Å²) in [6, 6.07) is 11.6. The Hall–Kier alpha value is -1.94. The number of aromatic nitrogens is 2. The van der Waals surface area contributed by atoms with Crippen molar-refractivity contribution in [2.24, 2.45) is 0 Å². The van der Waals surface area contributed by atoms with Gasteiger partial charge in [0.15, 0.2) is 5.15 Å². The predicted octanol–water partition coefficient (Wildman–Crippen LogP) is 2.18. The first kappa shape index (κ1) is 17.9. The van der Waals surface area contributed by atoms with Gasteiger partial charge in [0, 0.05) is 19.5 Å². The molecular formula is C15H14ClN3O4S2. The summed E-state index contributed by atoms with van der Waals surface area (Å²) in [6.07, 6.45) is 0.